The Hall–Kier alpha value is -4.54. The van der Waals surface area contributed by atoms with Gasteiger partial charge in [0.15, 0.2) is 0 Å². The van der Waals surface area contributed by atoms with Crippen LogP contribution in [0.15, 0.2) is 54.9 Å². The molecule has 0 radical (unpaired) electrons. The Morgan fingerprint density at radius 2 is 1.74 bits per heavy atom. The van der Waals surface area contributed by atoms with Gasteiger partial charge in [0, 0.05) is 29.2 Å². The first-order valence-corrected chi connectivity index (χ1v) is 10.7. The highest BCUT2D eigenvalue weighted by molar-refractivity contribution is 6.04. The maximum absolute atomic E-state index is 14.9. The minimum absolute atomic E-state index is 0.0415. The van der Waals surface area contributed by atoms with Gasteiger partial charge in [-0.25, -0.2) is 27.5 Å². The number of carbonyl (C=O) groups is 2. The van der Waals surface area contributed by atoms with E-state index < -0.39 is 65.4 Å². The molecule has 1 N–H and O–H groups in total. The molecule has 1 aromatic heterocycles. The van der Waals surface area contributed by atoms with Crippen LogP contribution in [0.4, 0.5) is 36.4 Å². The van der Waals surface area contributed by atoms with E-state index in [9.17, 15) is 40.3 Å². The topological polar surface area (TPSA) is 99.0 Å². The molecule has 2 aromatic carbocycles. The maximum Gasteiger partial charge on any atom is 0.451 e. The van der Waals surface area contributed by atoms with Crippen LogP contribution in [-0.4, -0.2) is 39.4 Å². The van der Waals surface area contributed by atoms with Crippen molar-refractivity contribution in [3.63, 3.8) is 0 Å². The molecule has 2 amide bonds. The molecule has 7 nitrogen and oxygen atoms in total. The van der Waals surface area contributed by atoms with Gasteiger partial charge in [-0.2, -0.15) is 18.4 Å². The lowest BCUT2D eigenvalue weighted by molar-refractivity contribution is -0.145. The average molecular weight is 537 g/mol. The number of amides is 2. The fourth-order valence-electron chi connectivity index (χ4n) is 4.13. The number of alkyl halides is 6. The van der Waals surface area contributed by atoms with E-state index in [1.165, 1.54) is 24.3 Å². The van der Waals surface area contributed by atoms with Gasteiger partial charge >= 0.3 is 6.18 Å². The quantitative estimate of drug-likeness (QED) is 0.366. The molecule has 0 fully saturated rings. The Morgan fingerprint density at radius 3 is 2.34 bits per heavy atom. The zero-order chi connectivity index (χ0) is 27.8. The van der Waals surface area contributed by atoms with Crippen molar-refractivity contribution in [2.24, 2.45) is 0 Å². The molecule has 0 aliphatic carbocycles. The van der Waals surface area contributed by atoms with Crippen molar-refractivity contribution >= 4 is 17.5 Å². The van der Waals surface area contributed by atoms with Crippen LogP contribution in [0.25, 0.3) is 0 Å². The molecule has 0 bridgehead atoms. The van der Waals surface area contributed by atoms with Crippen molar-refractivity contribution in [1.29, 1.82) is 5.26 Å². The summed E-state index contributed by atoms with van der Waals surface area (Å²) in [6, 6.07) is 7.87. The van der Waals surface area contributed by atoms with E-state index in [1.54, 1.807) is 6.07 Å². The number of rotatable bonds is 5. The van der Waals surface area contributed by atoms with Gasteiger partial charge in [0.25, 0.3) is 12.3 Å². The number of nitriles is 1. The summed E-state index contributed by atoms with van der Waals surface area (Å²) >= 11 is 0. The van der Waals surface area contributed by atoms with Gasteiger partial charge in [-0.05, 0) is 29.8 Å². The predicted molar refractivity (Wildman–Crippen MR) is 116 cm³/mol. The Kier molecular flexibility index (Phi) is 7.03. The van der Waals surface area contributed by atoms with Crippen molar-refractivity contribution in [2.45, 2.75) is 30.9 Å². The van der Waals surface area contributed by atoms with Crippen molar-refractivity contribution in [3.8, 4) is 6.07 Å². The van der Waals surface area contributed by atoms with Crippen LogP contribution in [-0.2, 0) is 11.0 Å². The molecule has 3 aromatic rings. The molecule has 2 heterocycles. The summed E-state index contributed by atoms with van der Waals surface area (Å²) in [4.78, 5) is 33.0. The molecule has 196 valence electrons. The summed E-state index contributed by atoms with van der Waals surface area (Å²) < 4.78 is 94.7. The Bertz CT molecular complexity index is 1420. The van der Waals surface area contributed by atoms with E-state index in [4.69, 9.17) is 5.26 Å². The summed E-state index contributed by atoms with van der Waals surface area (Å²) in [5.41, 5.74) is -1.29. The Balaban J connectivity index is 1.88. The van der Waals surface area contributed by atoms with E-state index in [0.29, 0.717) is 12.4 Å². The Labute approximate surface area is 209 Å². The third-order valence-corrected chi connectivity index (χ3v) is 5.75. The van der Waals surface area contributed by atoms with Gasteiger partial charge < -0.3 is 5.32 Å². The number of fused-ring (bicyclic) bond motifs is 1. The van der Waals surface area contributed by atoms with Gasteiger partial charge in [-0.15, -0.1) is 0 Å². The molecule has 14 heteroatoms. The van der Waals surface area contributed by atoms with Gasteiger partial charge in [-0.1, -0.05) is 18.2 Å². The second-order valence-electron chi connectivity index (χ2n) is 8.06. The average Bonchev–Trinajstić information content (AvgIpc) is 2.88. The monoisotopic (exact) mass is 537 g/mol. The summed E-state index contributed by atoms with van der Waals surface area (Å²) in [6.07, 6.45) is -10.8. The van der Waals surface area contributed by atoms with Gasteiger partial charge in [0.1, 0.15) is 11.9 Å². The molecule has 0 saturated carbocycles. The molecular weight excluding hydrogens is 523 g/mol. The minimum atomic E-state index is -4.96. The predicted octanol–water partition coefficient (Wildman–Crippen LogP) is 4.99. The van der Waals surface area contributed by atoms with Gasteiger partial charge in [0.2, 0.25) is 18.0 Å². The first-order valence-electron chi connectivity index (χ1n) is 10.7. The van der Waals surface area contributed by atoms with Crippen molar-refractivity contribution < 1.29 is 40.3 Å². The van der Waals surface area contributed by atoms with E-state index in [-0.39, 0.29) is 21.7 Å². The number of nitrogens with one attached hydrogen (secondary N) is 1. The number of hydrogen-bond acceptors (Lipinski definition) is 5. The third kappa shape index (κ3) is 4.86. The van der Waals surface area contributed by atoms with Crippen LogP contribution in [0.2, 0.25) is 0 Å². The first kappa shape index (κ1) is 26.5. The van der Waals surface area contributed by atoms with Crippen molar-refractivity contribution in [3.05, 3.63) is 88.8 Å². The minimum Gasteiger partial charge on any atom is -0.325 e. The number of nitrogens with zero attached hydrogens (tertiary/aromatic N) is 4. The van der Waals surface area contributed by atoms with Crippen LogP contribution < -0.4 is 5.32 Å². The lowest BCUT2D eigenvalue weighted by atomic mass is 9.79. The van der Waals surface area contributed by atoms with Gasteiger partial charge in [-0.3, -0.25) is 14.5 Å². The second kappa shape index (κ2) is 10.1. The molecule has 4 rings (SSSR count). The number of hydrogen-bond donors (Lipinski definition) is 1. The number of halogens is 7. The third-order valence-electron chi connectivity index (χ3n) is 5.75. The van der Waals surface area contributed by atoms with E-state index in [0.717, 1.165) is 18.2 Å². The summed E-state index contributed by atoms with van der Waals surface area (Å²) in [5, 5.41) is 11.4. The standard InChI is InChI=1S/C24H14F7N5O2/c25-16-6-5-13(7-11(16)8-32)35-21(37)17-14-3-1-2-4-15(14)22(38)36(20(28)19(26)27)18(17)12-9-33-23(34-10-12)24(29,30)31/h1-7,9-10,17-20H,(H,35,37). The summed E-state index contributed by atoms with van der Waals surface area (Å²) in [6.45, 7) is 0. The normalized spacial score (nSPS) is 18.1. The highest BCUT2D eigenvalue weighted by Gasteiger charge is 2.49. The van der Waals surface area contributed by atoms with Crippen LogP contribution >= 0.6 is 0 Å². The lowest BCUT2D eigenvalue weighted by Gasteiger charge is -2.42. The summed E-state index contributed by atoms with van der Waals surface area (Å²) in [7, 11) is 0. The molecule has 38 heavy (non-hydrogen) atoms. The SMILES string of the molecule is N#Cc1cc(NC(=O)C2c3ccccc3C(=O)N(C(F)C(F)F)C2c2cnc(C(F)(F)F)nc2)ccc1F. The van der Waals surface area contributed by atoms with Crippen LogP contribution in [0.1, 0.15) is 44.8 Å². The molecular formula is C24H14F7N5O2. The fourth-order valence-corrected chi connectivity index (χ4v) is 4.13. The molecule has 3 unspecified atom stereocenters. The number of benzene rings is 2. The zero-order valence-electron chi connectivity index (χ0n) is 18.8. The van der Waals surface area contributed by atoms with Gasteiger partial charge in [0.05, 0.1) is 17.5 Å². The second-order valence-corrected chi connectivity index (χ2v) is 8.06. The van der Waals surface area contributed by atoms with E-state index >= 15 is 0 Å². The number of carbonyl (C=O) groups excluding carboxylic acids is 2. The lowest BCUT2D eigenvalue weighted by Crippen LogP contribution is -2.51. The van der Waals surface area contributed by atoms with E-state index in [2.05, 4.69) is 15.3 Å². The van der Waals surface area contributed by atoms with Crippen molar-refractivity contribution in [1.82, 2.24) is 14.9 Å². The number of aromatic nitrogens is 2. The summed E-state index contributed by atoms with van der Waals surface area (Å²) in [5.74, 6) is -6.39. The molecule has 1 aliphatic heterocycles. The Morgan fingerprint density at radius 1 is 1.08 bits per heavy atom. The smallest absolute Gasteiger partial charge is 0.325 e. The largest absolute Gasteiger partial charge is 0.451 e. The molecule has 0 spiro atoms. The zero-order valence-corrected chi connectivity index (χ0v) is 18.8. The first-order chi connectivity index (χ1) is 17.9. The van der Waals surface area contributed by atoms with E-state index in [1.807, 2.05) is 0 Å². The highest BCUT2D eigenvalue weighted by atomic mass is 19.4. The molecule has 1 aliphatic rings. The highest BCUT2D eigenvalue weighted by Crippen LogP contribution is 2.45. The van der Waals surface area contributed by atoms with Crippen LogP contribution in [0.3, 0.4) is 0 Å². The maximum atomic E-state index is 14.9. The number of anilines is 1. The van der Waals surface area contributed by atoms with Crippen LogP contribution in [0, 0.1) is 17.1 Å². The van der Waals surface area contributed by atoms with Crippen molar-refractivity contribution in [2.75, 3.05) is 5.32 Å². The fraction of sp³-hybridized carbons (Fsp3) is 0.208. The molecule has 3 atom stereocenters. The van der Waals surface area contributed by atoms with Crippen LogP contribution in [0.5, 0.6) is 0 Å². The molecule has 0 saturated heterocycles.